The molecule has 3 N–H and O–H groups in total. The van der Waals surface area contributed by atoms with Crippen molar-refractivity contribution in [2.45, 2.75) is 52.1 Å². The van der Waals surface area contributed by atoms with Crippen molar-refractivity contribution in [2.75, 3.05) is 16.8 Å². The van der Waals surface area contributed by atoms with Gasteiger partial charge in [-0.25, -0.2) is 4.79 Å². The fourth-order valence-corrected chi connectivity index (χ4v) is 2.57. The van der Waals surface area contributed by atoms with Gasteiger partial charge in [-0.15, -0.1) is 0 Å². The van der Waals surface area contributed by atoms with Gasteiger partial charge in [0.2, 0.25) is 11.8 Å². The molecule has 1 saturated heterocycles. The average molecular weight is 346 g/mol. The molecule has 1 heterocycles. The van der Waals surface area contributed by atoms with Crippen molar-refractivity contribution < 1.29 is 14.4 Å². The van der Waals surface area contributed by atoms with Crippen LogP contribution in [0.25, 0.3) is 0 Å². The Morgan fingerprint density at radius 2 is 1.80 bits per heavy atom. The van der Waals surface area contributed by atoms with Crippen molar-refractivity contribution in [3.63, 3.8) is 0 Å². The summed E-state index contributed by atoms with van der Waals surface area (Å²) in [5, 5.41) is 8.03. The molecule has 0 saturated carbocycles. The van der Waals surface area contributed by atoms with Gasteiger partial charge < -0.3 is 15.5 Å². The molecule has 1 aromatic carbocycles. The molecule has 7 nitrogen and oxygen atoms in total. The molecule has 1 aliphatic heterocycles. The lowest BCUT2D eigenvalue weighted by molar-refractivity contribution is -0.120. The second-order valence-electron chi connectivity index (χ2n) is 7.26. The molecule has 0 radical (unpaired) electrons. The number of urea groups is 1. The van der Waals surface area contributed by atoms with Gasteiger partial charge in [-0.1, -0.05) is 0 Å². The van der Waals surface area contributed by atoms with Gasteiger partial charge in [0.1, 0.15) is 6.04 Å². The number of hydrogen-bond acceptors (Lipinski definition) is 4. The van der Waals surface area contributed by atoms with Crippen LogP contribution in [0.5, 0.6) is 0 Å². The van der Waals surface area contributed by atoms with E-state index in [9.17, 15) is 14.4 Å². The van der Waals surface area contributed by atoms with Gasteiger partial charge in [-0.2, -0.15) is 0 Å². The first kappa shape index (κ1) is 18.8. The lowest BCUT2D eigenvalue weighted by Crippen LogP contribution is -2.51. The second-order valence-corrected chi connectivity index (χ2v) is 7.26. The minimum atomic E-state index is -0.579. The summed E-state index contributed by atoms with van der Waals surface area (Å²) >= 11 is 0. The van der Waals surface area contributed by atoms with Crippen LogP contribution in [0.15, 0.2) is 24.3 Å². The lowest BCUT2D eigenvalue weighted by Gasteiger charge is -2.22. The largest absolute Gasteiger partial charge is 0.374 e. The maximum Gasteiger partial charge on any atom is 0.321 e. The topological polar surface area (TPSA) is 90.5 Å². The van der Waals surface area contributed by atoms with E-state index in [2.05, 4.69) is 16.0 Å². The number of imide groups is 1. The van der Waals surface area contributed by atoms with Crippen molar-refractivity contribution in [1.82, 2.24) is 10.6 Å². The van der Waals surface area contributed by atoms with Crippen LogP contribution in [0.4, 0.5) is 16.2 Å². The molecule has 4 amide bonds. The standard InChI is InChI=1S/C18H26N4O3/c1-12(16(24)20-17(25)21-18(2,3)4)19-13-7-9-14(10-8-13)22-11-5-6-15(22)23/h7-10,12,19H,5-6,11H2,1-4H3,(H2,20,21,24,25). The van der Waals surface area contributed by atoms with Crippen LogP contribution in [0.2, 0.25) is 0 Å². The van der Waals surface area contributed by atoms with Crippen molar-refractivity contribution in [3.05, 3.63) is 24.3 Å². The Hall–Kier alpha value is -2.57. The first-order valence-electron chi connectivity index (χ1n) is 8.46. The number of nitrogens with one attached hydrogen (secondary N) is 3. The minimum absolute atomic E-state index is 0.137. The molecule has 0 spiro atoms. The smallest absolute Gasteiger partial charge is 0.321 e. The van der Waals surface area contributed by atoms with E-state index in [1.807, 2.05) is 45.0 Å². The predicted octanol–water partition coefficient (Wildman–Crippen LogP) is 2.24. The van der Waals surface area contributed by atoms with Gasteiger partial charge in [-0.3, -0.25) is 14.9 Å². The number of hydrogen-bond donors (Lipinski definition) is 3. The summed E-state index contributed by atoms with van der Waals surface area (Å²) in [6, 6.07) is 6.24. The van der Waals surface area contributed by atoms with E-state index in [1.54, 1.807) is 11.8 Å². The molecular formula is C18H26N4O3. The van der Waals surface area contributed by atoms with E-state index >= 15 is 0 Å². The molecule has 2 rings (SSSR count). The third-order valence-corrected chi connectivity index (χ3v) is 3.75. The van der Waals surface area contributed by atoms with E-state index in [-0.39, 0.29) is 5.91 Å². The van der Waals surface area contributed by atoms with E-state index < -0.39 is 23.5 Å². The van der Waals surface area contributed by atoms with Crippen LogP contribution in [-0.2, 0) is 9.59 Å². The Kier molecular flexibility index (Phi) is 5.66. The zero-order chi connectivity index (χ0) is 18.6. The number of carbonyl (C=O) groups excluding carboxylic acids is 3. The Balaban J connectivity index is 1.89. The third kappa shape index (κ3) is 5.48. The first-order valence-corrected chi connectivity index (χ1v) is 8.46. The van der Waals surface area contributed by atoms with E-state index in [0.717, 1.165) is 24.3 Å². The highest BCUT2D eigenvalue weighted by Gasteiger charge is 2.22. The van der Waals surface area contributed by atoms with Gasteiger partial charge in [0, 0.05) is 29.9 Å². The molecule has 1 aromatic rings. The van der Waals surface area contributed by atoms with Gasteiger partial charge >= 0.3 is 6.03 Å². The Labute approximate surface area is 148 Å². The monoisotopic (exact) mass is 346 g/mol. The quantitative estimate of drug-likeness (QED) is 0.780. The highest BCUT2D eigenvalue weighted by atomic mass is 16.2. The summed E-state index contributed by atoms with van der Waals surface area (Å²) in [5.74, 6) is -0.279. The molecule has 1 fully saturated rings. The van der Waals surface area contributed by atoms with Crippen molar-refractivity contribution in [2.24, 2.45) is 0 Å². The molecule has 7 heteroatoms. The average Bonchev–Trinajstić information content (AvgIpc) is 2.92. The summed E-state index contributed by atoms with van der Waals surface area (Å²) < 4.78 is 0. The number of rotatable bonds is 4. The van der Waals surface area contributed by atoms with E-state index in [1.165, 1.54) is 0 Å². The molecule has 1 unspecified atom stereocenters. The van der Waals surface area contributed by atoms with E-state index in [4.69, 9.17) is 0 Å². The Bertz CT molecular complexity index is 649. The number of anilines is 2. The third-order valence-electron chi connectivity index (χ3n) is 3.75. The van der Waals surface area contributed by atoms with Crippen molar-refractivity contribution in [3.8, 4) is 0 Å². The summed E-state index contributed by atoms with van der Waals surface area (Å²) in [6.07, 6.45) is 1.47. The second kappa shape index (κ2) is 7.55. The zero-order valence-corrected chi connectivity index (χ0v) is 15.2. The molecule has 0 bridgehead atoms. The van der Waals surface area contributed by atoms with Gasteiger partial charge in [-0.05, 0) is 58.4 Å². The summed E-state index contributed by atoms with van der Waals surface area (Å²) in [6.45, 7) is 7.94. The molecule has 0 aromatic heterocycles. The summed E-state index contributed by atoms with van der Waals surface area (Å²) in [4.78, 5) is 37.3. The lowest BCUT2D eigenvalue weighted by atomic mass is 10.1. The van der Waals surface area contributed by atoms with Gasteiger partial charge in [0.15, 0.2) is 0 Å². The predicted molar refractivity (Wildman–Crippen MR) is 97.5 cm³/mol. The van der Waals surface area contributed by atoms with Gasteiger partial charge in [0.05, 0.1) is 0 Å². The molecule has 1 aliphatic rings. The molecular weight excluding hydrogens is 320 g/mol. The fourth-order valence-electron chi connectivity index (χ4n) is 2.57. The van der Waals surface area contributed by atoms with Crippen LogP contribution in [0.1, 0.15) is 40.5 Å². The number of benzene rings is 1. The molecule has 25 heavy (non-hydrogen) atoms. The highest BCUT2D eigenvalue weighted by molar-refractivity contribution is 5.98. The van der Waals surface area contributed by atoms with Crippen LogP contribution < -0.4 is 20.9 Å². The Morgan fingerprint density at radius 1 is 1.16 bits per heavy atom. The number of carbonyl (C=O) groups is 3. The molecule has 1 atom stereocenters. The summed E-state index contributed by atoms with van der Waals surface area (Å²) in [5.41, 5.74) is 1.19. The zero-order valence-electron chi connectivity index (χ0n) is 15.2. The van der Waals surface area contributed by atoms with Crippen LogP contribution in [-0.4, -0.2) is 36.0 Å². The number of nitrogens with zero attached hydrogens (tertiary/aromatic N) is 1. The van der Waals surface area contributed by atoms with Crippen LogP contribution in [0.3, 0.4) is 0 Å². The fraction of sp³-hybridized carbons (Fsp3) is 0.500. The number of amides is 4. The van der Waals surface area contributed by atoms with Crippen molar-refractivity contribution >= 4 is 29.2 Å². The van der Waals surface area contributed by atoms with Gasteiger partial charge in [0.25, 0.3) is 0 Å². The maximum atomic E-state index is 12.1. The maximum absolute atomic E-state index is 12.1. The summed E-state index contributed by atoms with van der Waals surface area (Å²) in [7, 11) is 0. The highest BCUT2D eigenvalue weighted by Crippen LogP contribution is 2.23. The molecule has 0 aliphatic carbocycles. The SMILES string of the molecule is CC(Nc1ccc(N2CCCC2=O)cc1)C(=O)NC(=O)NC(C)(C)C. The molecule has 136 valence electrons. The van der Waals surface area contributed by atoms with Crippen LogP contribution >= 0.6 is 0 Å². The normalized spacial score (nSPS) is 15.7. The van der Waals surface area contributed by atoms with E-state index in [0.29, 0.717) is 6.42 Å². The van der Waals surface area contributed by atoms with Crippen LogP contribution in [0, 0.1) is 0 Å². The Morgan fingerprint density at radius 3 is 2.32 bits per heavy atom. The first-order chi connectivity index (χ1) is 11.7. The van der Waals surface area contributed by atoms with Crippen molar-refractivity contribution in [1.29, 1.82) is 0 Å². The minimum Gasteiger partial charge on any atom is -0.374 e.